The summed E-state index contributed by atoms with van der Waals surface area (Å²) < 4.78 is 1.48. The van der Waals surface area contributed by atoms with E-state index in [2.05, 4.69) is 36.0 Å². The number of rotatable bonds is 4. The van der Waals surface area contributed by atoms with Gasteiger partial charge in [-0.15, -0.1) is 32.9 Å². The summed E-state index contributed by atoms with van der Waals surface area (Å²) in [5.41, 5.74) is 1.39. The number of nitrogens with one attached hydrogen (secondary N) is 2. The Balaban J connectivity index is 1.64. The topological polar surface area (TPSA) is 114 Å². The van der Waals surface area contributed by atoms with E-state index >= 15 is 0 Å². The lowest BCUT2D eigenvalue weighted by molar-refractivity contribution is 0.102. The average Bonchev–Trinajstić information content (AvgIpc) is 3.35. The Labute approximate surface area is 149 Å². The molecule has 0 bridgehead atoms. The van der Waals surface area contributed by atoms with Gasteiger partial charge in [0.2, 0.25) is 5.95 Å². The van der Waals surface area contributed by atoms with E-state index in [4.69, 9.17) is 0 Å². The van der Waals surface area contributed by atoms with Crippen LogP contribution in [0.3, 0.4) is 0 Å². The standard InChI is InChI=1S/C14H12N8OS2/c1-7-8(2)25-13(22-6-15-20-21-22)10(7)12(23)17-14-16-11(18-19-14)9-4-3-5-24-9/h3-6H,1-2H3,(H2,16,17,18,19,23). The molecule has 0 unspecified atom stereocenters. The van der Waals surface area contributed by atoms with Gasteiger partial charge in [0.25, 0.3) is 5.91 Å². The highest BCUT2D eigenvalue weighted by Crippen LogP contribution is 2.30. The fourth-order valence-corrected chi connectivity index (χ4v) is 4.03. The van der Waals surface area contributed by atoms with Crippen molar-refractivity contribution >= 4 is 34.5 Å². The van der Waals surface area contributed by atoms with Crippen LogP contribution < -0.4 is 5.32 Å². The van der Waals surface area contributed by atoms with Crippen LogP contribution in [0.4, 0.5) is 5.95 Å². The third-order valence-electron chi connectivity index (χ3n) is 3.62. The number of aromatic amines is 1. The third-order valence-corrected chi connectivity index (χ3v) is 5.69. The normalized spacial score (nSPS) is 11.0. The minimum Gasteiger partial charge on any atom is -0.289 e. The molecule has 0 aliphatic rings. The summed E-state index contributed by atoms with van der Waals surface area (Å²) in [5.74, 6) is 0.535. The van der Waals surface area contributed by atoms with Crippen LogP contribution in [0, 0.1) is 13.8 Å². The maximum Gasteiger partial charge on any atom is 0.261 e. The largest absolute Gasteiger partial charge is 0.289 e. The number of amides is 1. The summed E-state index contributed by atoms with van der Waals surface area (Å²) in [7, 11) is 0. The monoisotopic (exact) mass is 372 g/mol. The molecule has 0 atom stereocenters. The molecule has 4 heterocycles. The summed E-state index contributed by atoms with van der Waals surface area (Å²) in [6.07, 6.45) is 1.46. The maximum absolute atomic E-state index is 12.8. The Bertz CT molecular complexity index is 1020. The molecule has 4 aromatic rings. The van der Waals surface area contributed by atoms with Gasteiger partial charge in [0.15, 0.2) is 5.82 Å². The first-order valence-electron chi connectivity index (χ1n) is 7.24. The summed E-state index contributed by atoms with van der Waals surface area (Å²) in [6, 6.07) is 3.86. The zero-order valence-electron chi connectivity index (χ0n) is 13.2. The molecule has 9 nitrogen and oxygen atoms in total. The SMILES string of the molecule is Cc1sc(-n2cnnn2)c(C(=O)Nc2n[nH]c(-c3cccs3)n2)c1C. The molecular weight excluding hydrogens is 360 g/mol. The second-order valence-electron chi connectivity index (χ2n) is 5.16. The third kappa shape index (κ3) is 2.83. The molecule has 2 N–H and O–H groups in total. The van der Waals surface area contributed by atoms with Crippen LogP contribution in [0.25, 0.3) is 15.7 Å². The molecular formula is C14H12N8OS2. The highest BCUT2D eigenvalue weighted by atomic mass is 32.1. The number of nitrogens with zero attached hydrogens (tertiary/aromatic N) is 6. The number of carbonyl (C=O) groups is 1. The predicted octanol–water partition coefficient (Wildman–Crippen LogP) is 2.44. The highest BCUT2D eigenvalue weighted by molar-refractivity contribution is 7.15. The first kappa shape index (κ1) is 15.6. The molecule has 0 radical (unpaired) electrons. The van der Waals surface area contributed by atoms with Crippen LogP contribution in [0.1, 0.15) is 20.8 Å². The summed E-state index contributed by atoms with van der Waals surface area (Å²) in [6.45, 7) is 3.84. The Morgan fingerprint density at radius 2 is 2.24 bits per heavy atom. The number of aromatic nitrogens is 7. The van der Waals surface area contributed by atoms with Crippen LogP contribution >= 0.6 is 22.7 Å². The van der Waals surface area contributed by atoms with E-state index in [0.717, 1.165) is 15.3 Å². The predicted molar refractivity (Wildman–Crippen MR) is 94.2 cm³/mol. The van der Waals surface area contributed by atoms with Crippen LogP contribution in [-0.4, -0.2) is 41.3 Å². The number of hydrogen-bond donors (Lipinski definition) is 2. The molecule has 0 aliphatic carbocycles. The molecule has 4 rings (SSSR count). The molecule has 0 aliphatic heterocycles. The van der Waals surface area contributed by atoms with Crippen molar-refractivity contribution in [2.24, 2.45) is 0 Å². The van der Waals surface area contributed by atoms with Crippen LogP contribution in [0.5, 0.6) is 0 Å². The molecule has 0 saturated heterocycles. The Morgan fingerprint density at radius 1 is 1.36 bits per heavy atom. The number of aryl methyl sites for hydroxylation is 1. The van der Waals surface area contributed by atoms with E-state index in [1.54, 1.807) is 11.3 Å². The van der Waals surface area contributed by atoms with Gasteiger partial charge in [0.1, 0.15) is 11.3 Å². The van der Waals surface area contributed by atoms with Crippen molar-refractivity contribution < 1.29 is 4.79 Å². The van der Waals surface area contributed by atoms with Crippen molar-refractivity contribution in [1.82, 2.24) is 35.4 Å². The number of tetrazole rings is 1. The molecule has 4 aromatic heterocycles. The van der Waals surface area contributed by atoms with Crippen LogP contribution in [0.2, 0.25) is 0 Å². The first-order chi connectivity index (χ1) is 12.1. The molecule has 126 valence electrons. The lowest BCUT2D eigenvalue weighted by Gasteiger charge is -2.04. The average molecular weight is 372 g/mol. The smallest absolute Gasteiger partial charge is 0.261 e. The lowest BCUT2D eigenvalue weighted by atomic mass is 10.1. The summed E-state index contributed by atoms with van der Waals surface area (Å²) >= 11 is 2.99. The molecule has 1 amide bonds. The van der Waals surface area contributed by atoms with E-state index in [1.807, 2.05) is 31.4 Å². The van der Waals surface area contributed by atoms with Gasteiger partial charge >= 0.3 is 0 Å². The van der Waals surface area contributed by atoms with Gasteiger partial charge in [0.05, 0.1) is 10.4 Å². The second-order valence-corrected chi connectivity index (χ2v) is 7.31. The molecule has 0 aromatic carbocycles. The van der Waals surface area contributed by atoms with Gasteiger partial charge in [-0.3, -0.25) is 15.2 Å². The number of thiophene rings is 2. The van der Waals surface area contributed by atoms with E-state index in [0.29, 0.717) is 16.4 Å². The van der Waals surface area contributed by atoms with Gasteiger partial charge in [-0.25, -0.2) is 0 Å². The molecule has 25 heavy (non-hydrogen) atoms. The van der Waals surface area contributed by atoms with Gasteiger partial charge in [-0.2, -0.15) is 9.67 Å². The molecule has 11 heteroatoms. The molecule has 0 fully saturated rings. The molecule has 0 spiro atoms. The van der Waals surface area contributed by atoms with Crippen LogP contribution in [-0.2, 0) is 0 Å². The van der Waals surface area contributed by atoms with Crippen molar-refractivity contribution in [3.05, 3.63) is 39.8 Å². The fraction of sp³-hybridized carbons (Fsp3) is 0.143. The lowest BCUT2D eigenvalue weighted by Crippen LogP contribution is -2.16. The van der Waals surface area contributed by atoms with Gasteiger partial charge < -0.3 is 0 Å². The van der Waals surface area contributed by atoms with Gasteiger partial charge in [-0.1, -0.05) is 6.07 Å². The Kier molecular flexibility index (Phi) is 3.86. The number of H-pyrrole nitrogens is 1. The van der Waals surface area contributed by atoms with Crippen molar-refractivity contribution in [2.45, 2.75) is 13.8 Å². The number of hydrogen-bond acceptors (Lipinski definition) is 8. The van der Waals surface area contributed by atoms with Crippen molar-refractivity contribution in [3.8, 4) is 15.7 Å². The summed E-state index contributed by atoms with van der Waals surface area (Å²) in [5, 5.41) is 23.4. The molecule has 0 saturated carbocycles. The highest BCUT2D eigenvalue weighted by Gasteiger charge is 2.22. The van der Waals surface area contributed by atoms with Crippen molar-refractivity contribution in [1.29, 1.82) is 0 Å². The zero-order valence-corrected chi connectivity index (χ0v) is 14.9. The van der Waals surface area contributed by atoms with Crippen molar-refractivity contribution in [2.75, 3.05) is 5.32 Å². The van der Waals surface area contributed by atoms with E-state index in [-0.39, 0.29) is 11.9 Å². The number of carbonyl (C=O) groups excluding carboxylic acids is 1. The van der Waals surface area contributed by atoms with Crippen LogP contribution in [0.15, 0.2) is 23.8 Å². The van der Waals surface area contributed by atoms with Gasteiger partial charge in [0, 0.05) is 4.88 Å². The van der Waals surface area contributed by atoms with E-state index in [1.165, 1.54) is 22.3 Å². The minimum absolute atomic E-state index is 0.222. The maximum atomic E-state index is 12.8. The number of anilines is 1. The Hall–Kier alpha value is -2.92. The van der Waals surface area contributed by atoms with E-state index in [9.17, 15) is 4.79 Å². The zero-order chi connectivity index (χ0) is 17.4. The van der Waals surface area contributed by atoms with Crippen molar-refractivity contribution in [3.63, 3.8) is 0 Å². The first-order valence-corrected chi connectivity index (χ1v) is 8.94. The second kappa shape index (κ2) is 6.18. The fourth-order valence-electron chi connectivity index (χ4n) is 2.30. The summed E-state index contributed by atoms with van der Waals surface area (Å²) in [4.78, 5) is 19.1. The Morgan fingerprint density at radius 3 is 2.96 bits per heavy atom. The quantitative estimate of drug-likeness (QED) is 0.569. The van der Waals surface area contributed by atoms with Gasteiger partial charge in [-0.05, 0) is 41.3 Å². The van der Waals surface area contributed by atoms with E-state index < -0.39 is 0 Å². The minimum atomic E-state index is -0.302.